The fourth-order valence-corrected chi connectivity index (χ4v) is 8.26. The van der Waals surface area contributed by atoms with Gasteiger partial charge >= 0.3 is 0 Å². The number of hydrogen-bond acceptors (Lipinski definition) is 5. The molecule has 3 saturated heterocycles. The molecule has 42 heavy (non-hydrogen) atoms. The van der Waals surface area contributed by atoms with Gasteiger partial charge in [0, 0.05) is 35.9 Å². The van der Waals surface area contributed by atoms with Crippen LogP contribution < -0.4 is 10.6 Å². The van der Waals surface area contributed by atoms with Crippen molar-refractivity contribution in [2.45, 2.75) is 89.1 Å². The minimum Gasteiger partial charge on any atom is -0.359 e. The molecule has 230 valence electrons. The summed E-state index contributed by atoms with van der Waals surface area (Å²) in [4.78, 5) is 46.3. The van der Waals surface area contributed by atoms with E-state index in [0.717, 1.165) is 32.2 Å². The van der Waals surface area contributed by atoms with Gasteiger partial charge in [-0.1, -0.05) is 62.9 Å². The Morgan fingerprint density at radius 1 is 1.07 bits per heavy atom. The highest BCUT2D eigenvalue weighted by Gasteiger charge is 2.72. The molecule has 7 unspecified atom stereocenters. The number of piperidine rings is 1. The third kappa shape index (κ3) is 5.49. The van der Waals surface area contributed by atoms with Gasteiger partial charge in [0.25, 0.3) is 0 Å². The quantitative estimate of drug-likeness (QED) is 0.434. The summed E-state index contributed by atoms with van der Waals surface area (Å²) >= 11 is 6.15. The number of ether oxygens (including phenoxy) is 1. The summed E-state index contributed by atoms with van der Waals surface area (Å²) in [5, 5.41) is 6.81. The fraction of sp³-hybridized carbons (Fsp3) is 0.656. The molecular weight excluding hydrogens is 575 g/mol. The van der Waals surface area contributed by atoms with Crippen molar-refractivity contribution in [1.82, 2.24) is 15.1 Å². The number of halogens is 2. The summed E-state index contributed by atoms with van der Waals surface area (Å²) in [5.41, 5.74) is -0.585. The number of hydrogen-bond donors (Lipinski definition) is 2. The lowest BCUT2D eigenvalue weighted by atomic mass is 9.73. The third-order valence-corrected chi connectivity index (χ3v) is 10.9. The number of amides is 3. The van der Waals surface area contributed by atoms with Crippen molar-refractivity contribution in [1.29, 1.82) is 0 Å². The smallest absolute Gasteiger partial charge is 0.246 e. The predicted molar refractivity (Wildman–Crippen MR) is 166 cm³/mol. The van der Waals surface area contributed by atoms with Gasteiger partial charge in [0.1, 0.15) is 11.6 Å². The van der Waals surface area contributed by atoms with E-state index in [1.807, 2.05) is 12.2 Å². The van der Waals surface area contributed by atoms with Crippen molar-refractivity contribution in [3.63, 3.8) is 0 Å². The van der Waals surface area contributed by atoms with Crippen LogP contribution >= 0.6 is 24.0 Å². The molecule has 1 aliphatic carbocycles. The van der Waals surface area contributed by atoms with Gasteiger partial charge in [0.05, 0.1) is 17.9 Å². The highest BCUT2D eigenvalue weighted by Crippen LogP contribution is 2.55. The van der Waals surface area contributed by atoms with E-state index in [9.17, 15) is 14.4 Å². The molecule has 6 rings (SSSR count). The summed E-state index contributed by atoms with van der Waals surface area (Å²) in [5.74, 6) is -1.23. The SMILES string of the molecule is CC1CCCC(NC(=O)C2N(CCN3CCCCC3C)C(=O)[C@@H]3C(C(=O)Nc4cccc(Cl)c4)[C@@H]4C=CC23O4)C1C.Cl. The molecule has 2 bridgehead atoms. The Morgan fingerprint density at radius 3 is 2.64 bits per heavy atom. The minimum absolute atomic E-state index is 0. The van der Waals surface area contributed by atoms with E-state index < -0.39 is 29.6 Å². The maximum Gasteiger partial charge on any atom is 0.246 e. The molecule has 0 radical (unpaired) electrons. The number of carbonyl (C=O) groups is 3. The van der Waals surface area contributed by atoms with Gasteiger partial charge in [-0.25, -0.2) is 0 Å². The average Bonchev–Trinajstić information content (AvgIpc) is 3.58. The highest BCUT2D eigenvalue weighted by atomic mass is 35.5. The van der Waals surface area contributed by atoms with Crippen LogP contribution in [-0.2, 0) is 19.1 Å². The van der Waals surface area contributed by atoms with Crippen LogP contribution in [-0.4, -0.2) is 77.0 Å². The topological polar surface area (TPSA) is 91.0 Å². The van der Waals surface area contributed by atoms with E-state index in [2.05, 4.69) is 36.3 Å². The summed E-state index contributed by atoms with van der Waals surface area (Å²) in [6, 6.07) is 6.67. The standard InChI is InChI=1S/C32H43ClN4O4.ClH/c1-19-8-6-12-24(21(19)3)35-30(39)28-32-14-13-25(41-32)26(29(38)34-23-11-7-10-22(33)18-23)27(32)31(40)37(28)17-16-36-15-5-4-9-20(36)2;/h7,10-11,13-14,18-21,24-28H,4-6,8-9,12,15-17H2,1-3H3,(H,34,38)(H,35,39);1H/t19?,20?,21?,24?,25-,26?,27-,28?,32?;/m0./s1. The molecule has 10 heteroatoms. The van der Waals surface area contributed by atoms with Crippen LogP contribution in [0.4, 0.5) is 5.69 Å². The first kappa shape index (κ1) is 31.3. The second-order valence-electron chi connectivity index (χ2n) is 13.0. The van der Waals surface area contributed by atoms with Crippen molar-refractivity contribution < 1.29 is 19.1 Å². The molecule has 2 N–H and O–H groups in total. The average molecular weight is 620 g/mol. The van der Waals surface area contributed by atoms with Gasteiger partial charge in [-0.3, -0.25) is 19.3 Å². The fourth-order valence-electron chi connectivity index (χ4n) is 8.07. The van der Waals surface area contributed by atoms with Crippen LogP contribution in [0.5, 0.6) is 0 Å². The number of anilines is 1. The summed E-state index contributed by atoms with van der Waals surface area (Å²) in [6.45, 7) is 8.81. The van der Waals surface area contributed by atoms with Crippen LogP contribution in [0.25, 0.3) is 0 Å². The first-order chi connectivity index (χ1) is 19.7. The Balaban J connectivity index is 0.00000353. The largest absolute Gasteiger partial charge is 0.359 e. The molecule has 5 aliphatic rings. The lowest BCUT2D eigenvalue weighted by molar-refractivity contribution is -0.142. The Bertz CT molecular complexity index is 1230. The molecule has 4 aliphatic heterocycles. The number of carbonyl (C=O) groups excluding carboxylic acids is 3. The van der Waals surface area contributed by atoms with Crippen molar-refractivity contribution in [2.24, 2.45) is 23.7 Å². The molecule has 0 aromatic heterocycles. The lowest BCUT2D eigenvalue weighted by Gasteiger charge is -2.39. The first-order valence-electron chi connectivity index (χ1n) is 15.5. The molecule has 1 saturated carbocycles. The van der Waals surface area contributed by atoms with E-state index in [1.165, 1.54) is 12.8 Å². The van der Waals surface area contributed by atoms with Crippen molar-refractivity contribution in [3.05, 3.63) is 41.4 Å². The zero-order valence-electron chi connectivity index (χ0n) is 24.8. The van der Waals surface area contributed by atoms with Crippen molar-refractivity contribution in [3.8, 4) is 0 Å². The lowest BCUT2D eigenvalue weighted by Crippen LogP contribution is -2.58. The normalized spacial score (nSPS) is 37.3. The Morgan fingerprint density at radius 2 is 1.88 bits per heavy atom. The number of likely N-dealkylation sites (tertiary alicyclic amines) is 2. The first-order valence-corrected chi connectivity index (χ1v) is 15.9. The predicted octanol–water partition coefficient (Wildman–Crippen LogP) is 4.67. The zero-order chi connectivity index (χ0) is 28.9. The number of fused-ring (bicyclic) bond motifs is 1. The molecule has 4 fully saturated rings. The van der Waals surface area contributed by atoms with E-state index in [0.29, 0.717) is 41.7 Å². The molecule has 8 nitrogen and oxygen atoms in total. The molecule has 9 atom stereocenters. The molecule has 1 aromatic rings. The number of nitrogens with one attached hydrogen (secondary N) is 2. The molecule has 1 spiro atoms. The van der Waals surface area contributed by atoms with Gasteiger partial charge in [-0.15, -0.1) is 12.4 Å². The Hall–Kier alpha value is -2.13. The minimum atomic E-state index is -1.15. The molecular formula is C32H44Cl2N4O4. The monoisotopic (exact) mass is 618 g/mol. The summed E-state index contributed by atoms with van der Waals surface area (Å²) in [7, 11) is 0. The summed E-state index contributed by atoms with van der Waals surface area (Å²) < 4.78 is 6.53. The van der Waals surface area contributed by atoms with Gasteiger partial charge in [-0.05, 0) is 62.8 Å². The molecule has 1 aromatic carbocycles. The van der Waals surface area contributed by atoms with Crippen molar-refractivity contribution >= 4 is 47.4 Å². The summed E-state index contributed by atoms with van der Waals surface area (Å²) in [6.07, 6.45) is 9.89. The van der Waals surface area contributed by atoms with E-state index in [4.69, 9.17) is 16.3 Å². The molecule has 3 amide bonds. The second kappa shape index (κ2) is 12.5. The number of rotatable bonds is 7. The highest BCUT2D eigenvalue weighted by molar-refractivity contribution is 6.30. The molecule has 4 heterocycles. The van der Waals surface area contributed by atoms with Crippen LogP contribution in [0, 0.1) is 23.7 Å². The van der Waals surface area contributed by atoms with E-state index in [-0.39, 0.29) is 36.2 Å². The van der Waals surface area contributed by atoms with E-state index in [1.54, 1.807) is 29.2 Å². The number of benzene rings is 1. The van der Waals surface area contributed by atoms with Gasteiger partial charge in [0.15, 0.2) is 0 Å². The zero-order valence-corrected chi connectivity index (χ0v) is 26.3. The van der Waals surface area contributed by atoms with Crippen molar-refractivity contribution in [2.75, 3.05) is 25.0 Å². The van der Waals surface area contributed by atoms with Crippen LogP contribution in [0.3, 0.4) is 0 Å². The van der Waals surface area contributed by atoms with Gasteiger partial charge < -0.3 is 20.3 Å². The van der Waals surface area contributed by atoms with Gasteiger partial charge in [-0.2, -0.15) is 0 Å². The van der Waals surface area contributed by atoms with Gasteiger partial charge in [0.2, 0.25) is 17.7 Å². The maximum atomic E-state index is 14.3. The van der Waals surface area contributed by atoms with Crippen LogP contribution in [0.2, 0.25) is 5.02 Å². The number of nitrogens with zero attached hydrogens (tertiary/aromatic N) is 2. The third-order valence-electron chi connectivity index (χ3n) is 10.6. The Kier molecular flexibility index (Phi) is 9.29. The maximum absolute atomic E-state index is 14.3. The van der Waals surface area contributed by atoms with Crippen LogP contribution in [0.1, 0.15) is 59.3 Å². The second-order valence-corrected chi connectivity index (χ2v) is 13.4. The Labute approximate surface area is 260 Å². The van der Waals surface area contributed by atoms with Crippen LogP contribution in [0.15, 0.2) is 36.4 Å². The van der Waals surface area contributed by atoms with E-state index >= 15 is 0 Å².